The predicted molar refractivity (Wildman–Crippen MR) is 97.9 cm³/mol. The van der Waals surface area contributed by atoms with Crippen LogP contribution in [0.3, 0.4) is 0 Å². The molecule has 0 unspecified atom stereocenters. The van der Waals surface area contributed by atoms with Crippen molar-refractivity contribution in [3.63, 3.8) is 0 Å². The summed E-state index contributed by atoms with van der Waals surface area (Å²) in [5.41, 5.74) is 2.76. The van der Waals surface area contributed by atoms with Crippen LogP contribution in [0, 0.1) is 0 Å². The second-order valence-electron chi connectivity index (χ2n) is 7.31. The number of rotatable bonds is 4. The molecular formula is C19H27N5O2. The van der Waals surface area contributed by atoms with Crippen molar-refractivity contribution in [1.82, 2.24) is 24.9 Å². The number of carbonyl (C=O) groups is 1. The lowest BCUT2D eigenvalue weighted by Gasteiger charge is -2.32. The third-order valence-electron chi connectivity index (χ3n) is 5.45. The van der Waals surface area contributed by atoms with Gasteiger partial charge in [-0.25, -0.2) is 0 Å². The Morgan fingerprint density at radius 3 is 2.69 bits per heavy atom. The van der Waals surface area contributed by atoms with Crippen LogP contribution in [0.5, 0.6) is 0 Å². The van der Waals surface area contributed by atoms with Crippen LogP contribution < -0.4 is 0 Å². The monoisotopic (exact) mass is 357 g/mol. The van der Waals surface area contributed by atoms with Gasteiger partial charge in [-0.15, -0.1) is 0 Å². The molecule has 26 heavy (non-hydrogen) atoms. The van der Waals surface area contributed by atoms with Crippen LogP contribution in [0.2, 0.25) is 0 Å². The molecule has 0 bridgehead atoms. The van der Waals surface area contributed by atoms with Crippen LogP contribution in [0.25, 0.3) is 0 Å². The maximum Gasteiger partial charge on any atom is 0.274 e. The molecule has 0 atom stereocenters. The van der Waals surface area contributed by atoms with Gasteiger partial charge >= 0.3 is 0 Å². The van der Waals surface area contributed by atoms with E-state index in [4.69, 9.17) is 4.42 Å². The van der Waals surface area contributed by atoms with Crippen molar-refractivity contribution in [2.45, 2.75) is 32.9 Å². The maximum absolute atomic E-state index is 12.9. The lowest BCUT2D eigenvalue weighted by molar-refractivity contribution is 0.0655. The first-order chi connectivity index (χ1) is 12.6. The number of likely N-dealkylation sites (N-methyl/N-ethyl adjacent to an activating group) is 1. The van der Waals surface area contributed by atoms with Gasteiger partial charge < -0.3 is 14.2 Å². The fourth-order valence-corrected chi connectivity index (χ4v) is 3.74. The van der Waals surface area contributed by atoms with E-state index >= 15 is 0 Å². The molecule has 1 amide bonds. The van der Waals surface area contributed by atoms with Crippen molar-refractivity contribution in [2.24, 2.45) is 0 Å². The first-order valence-corrected chi connectivity index (χ1v) is 9.48. The summed E-state index contributed by atoms with van der Waals surface area (Å²) < 4.78 is 5.84. The highest BCUT2D eigenvalue weighted by Gasteiger charge is 2.29. The average molecular weight is 357 g/mol. The highest BCUT2D eigenvalue weighted by Crippen LogP contribution is 2.24. The Morgan fingerprint density at radius 2 is 1.96 bits per heavy atom. The van der Waals surface area contributed by atoms with Gasteiger partial charge in [0.2, 0.25) is 0 Å². The smallest absolute Gasteiger partial charge is 0.274 e. The summed E-state index contributed by atoms with van der Waals surface area (Å²) in [6, 6.07) is 4.10. The Hall–Kier alpha value is -2.12. The van der Waals surface area contributed by atoms with Crippen molar-refractivity contribution in [1.29, 1.82) is 0 Å². The number of hydrogen-bond donors (Lipinski definition) is 1. The minimum atomic E-state index is 0.0590. The second kappa shape index (κ2) is 7.25. The van der Waals surface area contributed by atoms with E-state index in [1.165, 1.54) is 0 Å². The molecule has 0 spiro atoms. The topological polar surface area (TPSA) is 68.6 Å². The average Bonchev–Trinajstić information content (AvgIpc) is 3.28. The number of nitrogens with zero attached hydrogens (tertiary/aromatic N) is 4. The zero-order valence-electron chi connectivity index (χ0n) is 15.6. The summed E-state index contributed by atoms with van der Waals surface area (Å²) in [5.74, 6) is 2.07. The van der Waals surface area contributed by atoms with E-state index in [2.05, 4.69) is 40.0 Å². The van der Waals surface area contributed by atoms with E-state index in [0.717, 1.165) is 81.4 Å². The van der Waals surface area contributed by atoms with Crippen molar-refractivity contribution in [2.75, 3.05) is 39.8 Å². The van der Waals surface area contributed by atoms with Crippen molar-refractivity contribution in [3.05, 3.63) is 40.6 Å². The van der Waals surface area contributed by atoms with Crippen molar-refractivity contribution in [3.8, 4) is 0 Å². The summed E-state index contributed by atoms with van der Waals surface area (Å²) in [6.45, 7) is 7.93. The first-order valence-electron chi connectivity index (χ1n) is 9.48. The van der Waals surface area contributed by atoms with Gasteiger partial charge in [0.15, 0.2) is 5.69 Å². The molecule has 0 radical (unpaired) electrons. The summed E-state index contributed by atoms with van der Waals surface area (Å²) in [5, 5.41) is 7.47. The third kappa shape index (κ3) is 3.41. The Labute approximate surface area is 153 Å². The molecule has 4 heterocycles. The number of aryl methyl sites for hydroxylation is 1. The molecule has 7 heteroatoms. The number of carbonyl (C=O) groups excluding carboxylic acids is 1. The normalized spacial score (nSPS) is 18.9. The van der Waals surface area contributed by atoms with Gasteiger partial charge in [-0.3, -0.25) is 14.8 Å². The first kappa shape index (κ1) is 17.3. The van der Waals surface area contributed by atoms with E-state index in [1.54, 1.807) is 0 Å². The van der Waals surface area contributed by atoms with Crippen LogP contribution in [0.1, 0.15) is 40.2 Å². The van der Waals surface area contributed by atoms with Gasteiger partial charge in [-0.2, -0.15) is 5.10 Å². The Kier molecular flexibility index (Phi) is 4.82. The number of aromatic nitrogens is 2. The summed E-state index contributed by atoms with van der Waals surface area (Å²) in [4.78, 5) is 19.4. The summed E-state index contributed by atoms with van der Waals surface area (Å²) in [7, 11) is 2.09. The number of aromatic amines is 1. The van der Waals surface area contributed by atoms with E-state index in [9.17, 15) is 4.79 Å². The van der Waals surface area contributed by atoms with Crippen LogP contribution >= 0.6 is 0 Å². The van der Waals surface area contributed by atoms with Gasteiger partial charge in [0.1, 0.15) is 11.5 Å². The molecule has 2 aliphatic rings. The number of nitrogens with one attached hydrogen (secondary N) is 1. The maximum atomic E-state index is 12.9. The zero-order valence-corrected chi connectivity index (χ0v) is 15.6. The molecule has 140 valence electrons. The molecule has 1 fully saturated rings. The number of hydrogen-bond acceptors (Lipinski definition) is 5. The molecule has 0 aliphatic carbocycles. The summed E-state index contributed by atoms with van der Waals surface area (Å²) >= 11 is 0. The fourth-order valence-electron chi connectivity index (χ4n) is 3.74. The molecule has 4 rings (SSSR count). The van der Waals surface area contributed by atoms with Crippen LogP contribution in [0.4, 0.5) is 0 Å². The predicted octanol–water partition coefficient (Wildman–Crippen LogP) is 1.51. The van der Waals surface area contributed by atoms with Gasteiger partial charge in [0.05, 0.1) is 6.54 Å². The molecule has 7 nitrogen and oxygen atoms in total. The third-order valence-corrected chi connectivity index (χ3v) is 5.45. The molecule has 2 aromatic heterocycles. The largest absolute Gasteiger partial charge is 0.465 e. The van der Waals surface area contributed by atoms with E-state index < -0.39 is 0 Å². The molecule has 0 aromatic carbocycles. The van der Waals surface area contributed by atoms with E-state index in [0.29, 0.717) is 5.69 Å². The highest BCUT2D eigenvalue weighted by atomic mass is 16.3. The summed E-state index contributed by atoms with van der Waals surface area (Å²) in [6.07, 6.45) is 1.80. The van der Waals surface area contributed by atoms with Gasteiger partial charge in [-0.1, -0.05) is 6.92 Å². The minimum absolute atomic E-state index is 0.0590. The van der Waals surface area contributed by atoms with E-state index in [-0.39, 0.29) is 5.91 Å². The zero-order chi connectivity index (χ0) is 18.1. The van der Waals surface area contributed by atoms with Crippen molar-refractivity contribution >= 4 is 5.91 Å². The number of piperazine rings is 1. The van der Waals surface area contributed by atoms with Crippen LogP contribution in [-0.2, 0) is 25.9 Å². The van der Waals surface area contributed by atoms with Crippen LogP contribution in [-0.4, -0.2) is 70.6 Å². The Bertz CT molecular complexity index is 773. The van der Waals surface area contributed by atoms with Crippen molar-refractivity contribution < 1.29 is 9.21 Å². The number of furan rings is 1. The van der Waals surface area contributed by atoms with Gasteiger partial charge in [0, 0.05) is 63.4 Å². The van der Waals surface area contributed by atoms with Gasteiger partial charge in [0.25, 0.3) is 5.91 Å². The van der Waals surface area contributed by atoms with Crippen LogP contribution in [0.15, 0.2) is 16.5 Å². The lowest BCUT2D eigenvalue weighted by atomic mass is 10.0. The standard InChI is InChI=1S/C19H27N5O2/c1-3-14-4-5-15(26-14)12-23-7-6-17-16(13-23)18(21-20-17)19(25)24-10-8-22(2)9-11-24/h4-5H,3,6-13H2,1-2H3,(H,20,21). The molecule has 1 saturated heterocycles. The molecule has 1 N–H and O–H groups in total. The Morgan fingerprint density at radius 1 is 1.19 bits per heavy atom. The number of amides is 1. The van der Waals surface area contributed by atoms with Gasteiger partial charge in [-0.05, 0) is 19.2 Å². The lowest BCUT2D eigenvalue weighted by Crippen LogP contribution is -2.47. The molecule has 0 saturated carbocycles. The second-order valence-corrected chi connectivity index (χ2v) is 7.31. The molecular weight excluding hydrogens is 330 g/mol. The van der Waals surface area contributed by atoms with E-state index in [1.807, 2.05) is 11.0 Å². The molecule has 2 aliphatic heterocycles. The minimum Gasteiger partial charge on any atom is -0.465 e. The fraction of sp³-hybridized carbons (Fsp3) is 0.579. The SMILES string of the molecule is CCc1ccc(CN2CCc3[nH]nc(C(=O)N4CCN(C)CC4)c3C2)o1. The quantitative estimate of drug-likeness (QED) is 0.898. The Balaban J connectivity index is 1.46. The number of H-pyrrole nitrogens is 1. The highest BCUT2D eigenvalue weighted by molar-refractivity contribution is 5.94. The molecule has 2 aromatic rings. The number of fused-ring (bicyclic) bond motifs is 1.